The number of carbonyl (C=O) groups is 2. The minimum atomic E-state index is -1.05. The smallest absolute Gasteiger partial charge is 0.323 e. The fraction of sp³-hybridized carbons (Fsp3) is 0.692. The van der Waals surface area contributed by atoms with Gasteiger partial charge in [0.1, 0.15) is 6.54 Å². The lowest BCUT2D eigenvalue weighted by Gasteiger charge is -2.22. The highest BCUT2D eigenvalue weighted by Crippen LogP contribution is 2.12. The summed E-state index contributed by atoms with van der Waals surface area (Å²) >= 11 is 0. The Hall–Kier alpha value is -1.54. The minimum Gasteiger partial charge on any atom is -0.480 e. The molecule has 0 spiro atoms. The topological polar surface area (TPSA) is 83.6 Å². The summed E-state index contributed by atoms with van der Waals surface area (Å²) in [5, 5.41) is 8.71. The molecule has 18 heavy (non-hydrogen) atoms. The maximum absolute atomic E-state index is 12.0. The Labute approximate surface area is 108 Å². The highest BCUT2D eigenvalue weighted by Gasteiger charge is 2.21. The zero-order valence-corrected chi connectivity index (χ0v) is 11.1. The van der Waals surface area contributed by atoms with E-state index in [9.17, 15) is 9.59 Å². The van der Waals surface area contributed by atoms with Gasteiger partial charge in [-0.25, -0.2) is 0 Å². The van der Waals surface area contributed by atoms with Crippen molar-refractivity contribution in [1.82, 2.24) is 4.90 Å². The Balaban J connectivity index is 4.29. The molecule has 1 amide bonds. The molecule has 0 aromatic heterocycles. The Bertz CT molecular complexity index is 321. The third kappa shape index (κ3) is 6.92. The van der Waals surface area contributed by atoms with Crippen molar-refractivity contribution in [3.63, 3.8) is 0 Å². The monoisotopic (exact) mass is 254 g/mol. The molecule has 0 aliphatic carbocycles. The van der Waals surface area contributed by atoms with Crippen LogP contribution in [0.4, 0.5) is 0 Å². The van der Waals surface area contributed by atoms with Crippen molar-refractivity contribution in [3.8, 4) is 12.3 Å². The van der Waals surface area contributed by atoms with Gasteiger partial charge in [0, 0.05) is 12.0 Å². The lowest BCUT2D eigenvalue weighted by atomic mass is 10.0. The Morgan fingerprint density at radius 3 is 2.44 bits per heavy atom. The van der Waals surface area contributed by atoms with Crippen LogP contribution in [0.2, 0.25) is 0 Å². The van der Waals surface area contributed by atoms with Crippen molar-refractivity contribution in [2.24, 2.45) is 11.7 Å². The number of terminal acetylenes is 1. The van der Waals surface area contributed by atoms with Crippen LogP contribution in [-0.2, 0) is 9.59 Å². The van der Waals surface area contributed by atoms with Crippen molar-refractivity contribution in [1.29, 1.82) is 0 Å². The lowest BCUT2D eigenvalue weighted by Crippen LogP contribution is -2.39. The number of hydrogen-bond acceptors (Lipinski definition) is 3. The zero-order valence-electron chi connectivity index (χ0n) is 11.1. The first-order chi connectivity index (χ1) is 8.38. The molecule has 0 rings (SSSR count). The van der Waals surface area contributed by atoms with E-state index < -0.39 is 5.97 Å². The Kier molecular flexibility index (Phi) is 7.81. The van der Waals surface area contributed by atoms with Crippen LogP contribution in [0.5, 0.6) is 0 Å². The molecule has 0 aliphatic heterocycles. The molecule has 3 N–H and O–H groups in total. The molecule has 5 nitrogen and oxygen atoms in total. The summed E-state index contributed by atoms with van der Waals surface area (Å²) < 4.78 is 0. The highest BCUT2D eigenvalue weighted by molar-refractivity contribution is 5.83. The van der Waals surface area contributed by atoms with E-state index in [0.29, 0.717) is 6.42 Å². The maximum Gasteiger partial charge on any atom is 0.323 e. The van der Waals surface area contributed by atoms with Gasteiger partial charge in [-0.15, -0.1) is 6.42 Å². The largest absolute Gasteiger partial charge is 0.480 e. The summed E-state index contributed by atoms with van der Waals surface area (Å²) in [6, 6.07) is 0.119. The molecule has 5 heteroatoms. The summed E-state index contributed by atoms with van der Waals surface area (Å²) in [5.74, 6) is 0.817. The highest BCUT2D eigenvalue weighted by atomic mass is 16.4. The van der Waals surface area contributed by atoms with E-state index in [4.69, 9.17) is 17.3 Å². The van der Waals surface area contributed by atoms with Crippen molar-refractivity contribution in [3.05, 3.63) is 0 Å². The van der Waals surface area contributed by atoms with Crippen LogP contribution in [0, 0.1) is 18.3 Å². The fourth-order valence-corrected chi connectivity index (χ4v) is 1.67. The number of carboxylic acid groups (broad SMARTS) is 1. The standard InChI is InChI=1S/C13H22N2O3/c1-4-8-15(9-12(16)17)13(18)10(2)6-5-7-11(3)14/h1,10-11H,5-9,14H2,2-3H3,(H,16,17). The van der Waals surface area contributed by atoms with Crippen molar-refractivity contribution in [2.45, 2.75) is 39.2 Å². The van der Waals surface area contributed by atoms with E-state index in [1.807, 2.05) is 6.92 Å². The third-order valence-corrected chi connectivity index (χ3v) is 2.64. The van der Waals surface area contributed by atoms with Crippen LogP contribution in [0.25, 0.3) is 0 Å². The van der Waals surface area contributed by atoms with Gasteiger partial charge in [-0.3, -0.25) is 9.59 Å². The van der Waals surface area contributed by atoms with E-state index in [2.05, 4.69) is 5.92 Å². The van der Waals surface area contributed by atoms with Crippen LogP contribution in [0.15, 0.2) is 0 Å². The molecule has 0 aromatic carbocycles. The summed E-state index contributed by atoms with van der Waals surface area (Å²) in [6.45, 7) is 3.39. The number of carbonyl (C=O) groups excluding carboxylic acids is 1. The molecule has 0 bridgehead atoms. The van der Waals surface area contributed by atoms with E-state index in [0.717, 1.165) is 12.8 Å². The number of nitrogens with zero attached hydrogens (tertiary/aromatic N) is 1. The van der Waals surface area contributed by atoms with Crippen molar-refractivity contribution >= 4 is 11.9 Å². The molecule has 0 radical (unpaired) electrons. The second-order valence-electron chi connectivity index (χ2n) is 4.60. The summed E-state index contributed by atoms with van der Waals surface area (Å²) in [4.78, 5) is 23.8. The SMILES string of the molecule is C#CCN(CC(=O)O)C(=O)C(C)CCCC(C)N. The van der Waals surface area contributed by atoms with Crippen LogP contribution >= 0.6 is 0 Å². The molecular weight excluding hydrogens is 232 g/mol. The van der Waals surface area contributed by atoms with Gasteiger partial charge in [0.2, 0.25) is 5.91 Å². The van der Waals surface area contributed by atoms with Gasteiger partial charge in [-0.2, -0.15) is 0 Å². The van der Waals surface area contributed by atoms with Crippen molar-refractivity contribution in [2.75, 3.05) is 13.1 Å². The first-order valence-electron chi connectivity index (χ1n) is 6.08. The van der Waals surface area contributed by atoms with Crippen LogP contribution in [-0.4, -0.2) is 41.0 Å². The van der Waals surface area contributed by atoms with Gasteiger partial charge >= 0.3 is 5.97 Å². The minimum absolute atomic E-state index is 0.0305. The lowest BCUT2D eigenvalue weighted by molar-refractivity contribution is -0.145. The Morgan fingerprint density at radius 2 is 2.00 bits per heavy atom. The number of rotatable bonds is 8. The average Bonchev–Trinajstić information content (AvgIpc) is 2.26. The number of aliphatic carboxylic acids is 1. The fourth-order valence-electron chi connectivity index (χ4n) is 1.67. The number of hydrogen-bond donors (Lipinski definition) is 2. The molecule has 0 aliphatic rings. The molecule has 0 saturated heterocycles. The average molecular weight is 254 g/mol. The van der Waals surface area contributed by atoms with Crippen molar-refractivity contribution < 1.29 is 14.7 Å². The van der Waals surface area contributed by atoms with Gasteiger partial charge < -0.3 is 15.7 Å². The van der Waals surface area contributed by atoms with Crippen LogP contribution in [0.1, 0.15) is 33.1 Å². The maximum atomic E-state index is 12.0. The normalized spacial score (nSPS) is 13.4. The zero-order chi connectivity index (χ0) is 14.1. The quantitative estimate of drug-likeness (QED) is 0.624. The summed E-state index contributed by atoms with van der Waals surface area (Å²) in [5.41, 5.74) is 5.63. The van der Waals surface area contributed by atoms with E-state index >= 15 is 0 Å². The summed E-state index contributed by atoms with van der Waals surface area (Å²) in [6.07, 6.45) is 7.53. The third-order valence-electron chi connectivity index (χ3n) is 2.64. The van der Waals surface area contributed by atoms with Gasteiger partial charge in [0.25, 0.3) is 0 Å². The molecule has 0 heterocycles. The van der Waals surface area contributed by atoms with Gasteiger partial charge in [-0.1, -0.05) is 19.3 Å². The molecule has 102 valence electrons. The van der Waals surface area contributed by atoms with E-state index in [1.54, 1.807) is 6.92 Å². The molecular formula is C13H22N2O3. The van der Waals surface area contributed by atoms with Gasteiger partial charge in [0.05, 0.1) is 6.54 Å². The number of carboxylic acids is 1. The Morgan fingerprint density at radius 1 is 1.39 bits per heavy atom. The predicted molar refractivity (Wildman–Crippen MR) is 69.7 cm³/mol. The van der Waals surface area contributed by atoms with Crippen LogP contribution < -0.4 is 5.73 Å². The number of amides is 1. The van der Waals surface area contributed by atoms with Gasteiger partial charge in [0.15, 0.2) is 0 Å². The first-order valence-corrected chi connectivity index (χ1v) is 6.08. The molecule has 0 fully saturated rings. The van der Waals surface area contributed by atoms with E-state index in [-0.39, 0.29) is 31.0 Å². The second kappa shape index (κ2) is 8.54. The second-order valence-corrected chi connectivity index (χ2v) is 4.60. The molecule has 0 aromatic rings. The predicted octanol–water partition coefficient (Wildman–Crippen LogP) is 0.686. The van der Waals surface area contributed by atoms with Gasteiger partial charge in [-0.05, 0) is 19.8 Å². The first kappa shape index (κ1) is 16.5. The van der Waals surface area contributed by atoms with Crippen LogP contribution in [0.3, 0.4) is 0 Å². The van der Waals surface area contributed by atoms with E-state index in [1.165, 1.54) is 4.90 Å². The molecule has 0 saturated carbocycles. The molecule has 2 atom stereocenters. The number of nitrogens with two attached hydrogens (primary N) is 1. The summed E-state index contributed by atoms with van der Waals surface area (Å²) in [7, 11) is 0. The molecule has 2 unspecified atom stereocenters.